The fourth-order valence-corrected chi connectivity index (χ4v) is 3.64. The van der Waals surface area contributed by atoms with Gasteiger partial charge in [-0.05, 0) is 57.2 Å². The zero-order chi connectivity index (χ0) is 24.2. The number of carbonyl (C=O) groups is 1. The molecule has 0 saturated carbocycles. The second kappa shape index (κ2) is 9.87. The Morgan fingerprint density at radius 3 is 2.26 bits per heavy atom. The first kappa shape index (κ1) is 23.2. The van der Waals surface area contributed by atoms with Crippen LogP contribution in [0.2, 0.25) is 0 Å². The average Bonchev–Trinajstić information content (AvgIpc) is 3.14. The summed E-state index contributed by atoms with van der Waals surface area (Å²) in [4.78, 5) is 15.0. The van der Waals surface area contributed by atoms with Crippen LogP contribution in [0.15, 0.2) is 78.9 Å². The van der Waals surface area contributed by atoms with E-state index in [4.69, 9.17) is 4.74 Å². The number of para-hydroxylation sites is 1. The fraction of sp³-hybridized carbons (Fsp3) is 0.185. The van der Waals surface area contributed by atoms with Gasteiger partial charge < -0.3 is 9.64 Å². The van der Waals surface area contributed by atoms with Gasteiger partial charge >= 0.3 is 0 Å². The molecule has 1 amide bonds. The molecule has 0 N–H and O–H groups in total. The molecule has 4 rings (SSSR count). The van der Waals surface area contributed by atoms with Crippen molar-refractivity contribution >= 4 is 5.91 Å². The van der Waals surface area contributed by atoms with Crippen LogP contribution in [-0.2, 0) is 6.54 Å². The van der Waals surface area contributed by atoms with E-state index in [1.54, 1.807) is 21.7 Å². The fourth-order valence-electron chi connectivity index (χ4n) is 3.64. The number of ether oxygens (including phenoxy) is 1. The van der Waals surface area contributed by atoms with Crippen LogP contribution in [0.3, 0.4) is 0 Å². The van der Waals surface area contributed by atoms with E-state index in [1.165, 1.54) is 6.07 Å². The summed E-state index contributed by atoms with van der Waals surface area (Å²) in [6.45, 7) is 5.87. The predicted octanol–water partition coefficient (Wildman–Crippen LogP) is 6.30. The first-order valence-corrected chi connectivity index (χ1v) is 11.0. The number of hydrogen-bond donors (Lipinski definition) is 0. The summed E-state index contributed by atoms with van der Waals surface area (Å²) < 4.78 is 35.5. The number of amides is 1. The maximum atomic E-state index is 14.5. The van der Waals surface area contributed by atoms with Gasteiger partial charge in [-0.3, -0.25) is 4.79 Å². The Balaban J connectivity index is 1.79. The van der Waals surface area contributed by atoms with Gasteiger partial charge in [-0.1, -0.05) is 36.4 Å². The molecule has 1 aromatic heterocycles. The molecular weight excluding hydrogens is 436 g/mol. The van der Waals surface area contributed by atoms with Crippen molar-refractivity contribution in [2.24, 2.45) is 0 Å². The molecule has 7 heteroatoms. The Labute approximate surface area is 197 Å². The van der Waals surface area contributed by atoms with Gasteiger partial charge in [-0.2, -0.15) is 5.10 Å². The van der Waals surface area contributed by atoms with Crippen molar-refractivity contribution < 1.29 is 18.3 Å². The number of aromatic nitrogens is 2. The maximum Gasteiger partial charge on any atom is 0.254 e. The number of hydrogen-bond acceptors (Lipinski definition) is 3. The first-order chi connectivity index (χ1) is 16.3. The zero-order valence-electron chi connectivity index (χ0n) is 19.2. The minimum Gasteiger partial charge on any atom is -0.435 e. The van der Waals surface area contributed by atoms with E-state index in [0.717, 1.165) is 12.1 Å². The lowest BCUT2D eigenvalue weighted by atomic mass is 10.1. The predicted molar refractivity (Wildman–Crippen MR) is 126 cm³/mol. The summed E-state index contributed by atoms with van der Waals surface area (Å²) >= 11 is 0. The number of carbonyl (C=O) groups excluding carboxylic acids is 1. The van der Waals surface area contributed by atoms with E-state index in [0.29, 0.717) is 22.5 Å². The minimum atomic E-state index is -0.828. The van der Waals surface area contributed by atoms with Gasteiger partial charge in [-0.15, -0.1) is 0 Å². The summed E-state index contributed by atoms with van der Waals surface area (Å²) in [7, 11) is 0. The lowest BCUT2D eigenvalue weighted by Crippen LogP contribution is -2.36. The monoisotopic (exact) mass is 461 g/mol. The summed E-state index contributed by atoms with van der Waals surface area (Å²) in [5.74, 6) is -1.53. The summed E-state index contributed by atoms with van der Waals surface area (Å²) in [5, 5.41) is 4.63. The molecule has 0 unspecified atom stereocenters. The Kier molecular flexibility index (Phi) is 6.72. The Morgan fingerprint density at radius 1 is 1.00 bits per heavy atom. The Morgan fingerprint density at radius 2 is 1.65 bits per heavy atom. The number of aryl methyl sites for hydroxylation is 1. The molecule has 0 fully saturated rings. The highest BCUT2D eigenvalue weighted by atomic mass is 19.1. The van der Waals surface area contributed by atoms with Crippen LogP contribution in [0, 0.1) is 18.6 Å². The zero-order valence-corrected chi connectivity index (χ0v) is 19.2. The molecule has 0 aliphatic rings. The van der Waals surface area contributed by atoms with Crippen molar-refractivity contribution in [1.29, 1.82) is 0 Å². The third-order valence-corrected chi connectivity index (χ3v) is 5.47. The van der Waals surface area contributed by atoms with Gasteiger partial charge in [0.25, 0.3) is 5.91 Å². The van der Waals surface area contributed by atoms with Crippen molar-refractivity contribution in [3.8, 4) is 17.3 Å². The topological polar surface area (TPSA) is 47.4 Å². The van der Waals surface area contributed by atoms with Gasteiger partial charge in [0.05, 0.1) is 23.5 Å². The largest absolute Gasteiger partial charge is 0.435 e. The molecule has 0 radical (unpaired) electrons. The van der Waals surface area contributed by atoms with Crippen LogP contribution in [-0.4, -0.2) is 26.6 Å². The molecule has 34 heavy (non-hydrogen) atoms. The lowest BCUT2D eigenvalue weighted by molar-refractivity contribution is 0.0689. The van der Waals surface area contributed by atoms with Crippen molar-refractivity contribution in [2.45, 2.75) is 33.4 Å². The molecule has 0 atom stereocenters. The molecule has 3 aromatic carbocycles. The second-order valence-electron chi connectivity index (χ2n) is 8.19. The molecule has 0 aliphatic heterocycles. The summed E-state index contributed by atoms with van der Waals surface area (Å²) in [6, 6.07) is 21.3. The number of nitrogens with zero attached hydrogens (tertiary/aromatic N) is 3. The van der Waals surface area contributed by atoms with Crippen molar-refractivity contribution in [3.05, 3.63) is 107 Å². The van der Waals surface area contributed by atoms with Gasteiger partial charge in [0.1, 0.15) is 5.82 Å². The van der Waals surface area contributed by atoms with Crippen LogP contribution >= 0.6 is 0 Å². The smallest absolute Gasteiger partial charge is 0.254 e. The van der Waals surface area contributed by atoms with Gasteiger partial charge in [0.2, 0.25) is 5.88 Å². The SMILES string of the molecule is Cc1nn(-c2ccccc2)c(Oc2ccc(F)cc2F)c1CN(C(=O)c1ccccc1)C(C)C. The highest BCUT2D eigenvalue weighted by molar-refractivity contribution is 5.94. The quantitative estimate of drug-likeness (QED) is 0.324. The second-order valence-corrected chi connectivity index (χ2v) is 8.19. The summed E-state index contributed by atoms with van der Waals surface area (Å²) in [6.07, 6.45) is 0. The van der Waals surface area contributed by atoms with E-state index < -0.39 is 11.6 Å². The Hall–Kier alpha value is -4.00. The highest BCUT2D eigenvalue weighted by Crippen LogP contribution is 2.33. The molecule has 1 heterocycles. The number of rotatable bonds is 7. The molecule has 0 aliphatic carbocycles. The van der Waals surface area contributed by atoms with Crippen molar-refractivity contribution in [1.82, 2.24) is 14.7 Å². The molecule has 174 valence electrons. The molecule has 0 spiro atoms. The third kappa shape index (κ3) is 4.83. The molecular formula is C27H25F2N3O2. The van der Waals surface area contributed by atoms with Crippen LogP contribution in [0.5, 0.6) is 11.6 Å². The Bertz CT molecular complexity index is 1290. The highest BCUT2D eigenvalue weighted by Gasteiger charge is 2.26. The summed E-state index contributed by atoms with van der Waals surface area (Å²) in [5.41, 5.74) is 2.54. The van der Waals surface area contributed by atoms with Gasteiger partial charge in [0, 0.05) is 17.7 Å². The van der Waals surface area contributed by atoms with Crippen LogP contribution in [0.4, 0.5) is 8.78 Å². The standard InChI is InChI=1S/C27H25F2N3O2/c1-18(2)31(26(33)20-10-6-4-7-11-20)17-23-19(3)30-32(22-12-8-5-9-13-22)27(23)34-25-15-14-21(28)16-24(25)29/h4-16,18H,17H2,1-3H3. The van der Waals surface area contributed by atoms with Crippen LogP contribution in [0.25, 0.3) is 5.69 Å². The van der Waals surface area contributed by atoms with E-state index in [-0.39, 0.29) is 30.1 Å². The van der Waals surface area contributed by atoms with Crippen LogP contribution in [0.1, 0.15) is 35.5 Å². The van der Waals surface area contributed by atoms with Gasteiger partial charge in [0.15, 0.2) is 11.6 Å². The van der Waals surface area contributed by atoms with E-state index in [1.807, 2.05) is 69.3 Å². The first-order valence-electron chi connectivity index (χ1n) is 11.0. The van der Waals surface area contributed by atoms with Crippen molar-refractivity contribution in [3.63, 3.8) is 0 Å². The number of halogens is 2. The third-order valence-electron chi connectivity index (χ3n) is 5.47. The van der Waals surface area contributed by atoms with Crippen molar-refractivity contribution in [2.75, 3.05) is 0 Å². The normalized spacial score (nSPS) is 11.0. The molecule has 0 bridgehead atoms. The maximum absolute atomic E-state index is 14.5. The lowest BCUT2D eigenvalue weighted by Gasteiger charge is -2.27. The number of benzene rings is 3. The van der Waals surface area contributed by atoms with E-state index >= 15 is 0 Å². The molecule has 0 saturated heterocycles. The average molecular weight is 462 g/mol. The van der Waals surface area contributed by atoms with Crippen LogP contribution < -0.4 is 4.74 Å². The van der Waals surface area contributed by atoms with Gasteiger partial charge in [-0.25, -0.2) is 13.5 Å². The molecule has 4 aromatic rings. The van der Waals surface area contributed by atoms with E-state index in [9.17, 15) is 13.6 Å². The minimum absolute atomic E-state index is 0.123. The molecule has 5 nitrogen and oxygen atoms in total. The van der Waals surface area contributed by atoms with E-state index in [2.05, 4.69) is 5.10 Å².